The number of nitrogens with zero attached hydrogens (tertiary/aromatic N) is 3. The maximum Gasteiger partial charge on any atom is 0.310 e. The molecule has 0 spiro atoms. The molecule has 1 fully saturated rings. The zero-order valence-electron chi connectivity index (χ0n) is 18.3. The first kappa shape index (κ1) is 23.6. The molecule has 2 aromatic rings. The quantitative estimate of drug-likeness (QED) is 0.532. The van der Waals surface area contributed by atoms with Gasteiger partial charge in [0.2, 0.25) is 0 Å². The molecule has 8 heteroatoms. The molecular weight excluding hydrogens is 437 g/mol. The smallest absolute Gasteiger partial charge is 0.310 e. The molecule has 1 aromatic carbocycles. The molecule has 1 atom stereocenters. The summed E-state index contributed by atoms with van der Waals surface area (Å²) in [5, 5.41) is 5.70. The Kier molecular flexibility index (Phi) is 8.00. The second-order valence-corrected chi connectivity index (χ2v) is 8.54. The van der Waals surface area contributed by atoms with Crippen LogP contribution in [0.3, 0.4) is 0 Å². The SMILES string of the molecule is CCCc1nn(-c2ccc(Cl)c(Cl)c2)c(CC)c1C(=O)N1CCC[C@H](C(=O)OCC)C1. The Morgan fingerprint density at radius 3 is 2.61 bits per heavy atom. The van der Waals surface area contributed by atoms with Crippen LogP contribution in [0.5, 0.6) is 0 Å². The van der Waals surface area contributed by atoms with E-state index in [0.29, 0.717) is 48.1 Å². The number of rotatable bonds is 7. The van der Waals surface area contributed by atoms with Crippen LogP contribution in [0.4, 0.5) is 0 Å². The van der Waals surface area contributed by atoms with Crippen LogP contribution in [0.25, 0.3) is 5.69 Å². The number of hydrogen-bond donors (Lipinski definition) is 0. The highest BCUT2D eigenvalue weighted by molar-refractivity contribution is 6.42. The van der Waals surface area contributed by atoms with Gasteiger partial charge >= 0.3 is 5.97 Å². The van der Waals surface area contributed by atoms with Crippen LogP contribution in [-0.4, -0.2) is 46.3 Å². The summed E-state index contributed by atoms with van der Waals surface area (Å²) < 4.78 is 6.99. The van der Waals surface area contributed by atoms with Gasteiger partial charge < -0.3 is 9.64 Å². The highest BCUT2D eigenvalue weighted by atomic mass is 35.5. The van der Waals surface area contributed by atoms with Crippen LogP contribution in [0.15, 0.2) is 18.2 Å². The number of benzene rings is 1. The third-order valence-corrected chi connectivity index (χ3v) is 6.30. The number of aryl methyl sites for hydroxylation is 1. The van der Waals surface area contributed by atoms with Gasteiger partial charge in [-0.1, -0.05) is 43.5 Å². The Balaban J connectivity index is 1.99. The predicted molar refractivity (Wildman–Crippen MR) is 122 cm³/mol. The number of aromatic nitrogens is 2. The lowest BCUT2D eigenvalue weighted by Gasteiger charge is -2.31. The summed E-state index contributed by atoms with van der Waals surface area (Å²) in [7, 11) is 0. The molecule has 0 N–H and O–H groups in total. The van der Waals surface area contributed by atoms with Crippen LogP contribution < -0.4 is 0 Å². The summed E-state index contributed by atoms with van der Waals surface area (Å²) in [6.07, 6.45) is 3.71. The number of esters is 1. The minimum Gasteiger partial charge on any atom is -0.466 e. The van der Waals surface area contributed by atoms with E-state index in [1.165, 1.54) is 0 Å². The molecule has 1 saturated heterocycles. The standard InChI is InChI=1S/C23H29Cl2N3O3/c1-4-8-19-21(22(29)27-12-7-9-15(14-27)23(30)31-6-3)20(5-2)28(26-19)16-10-11-17(24)18(25)13-16/h10-11,13,15H,4-9,12,14H2,1-3H3/t15-/m0/s1. The zero-order chi connectivity index (χ0) is 22.5. The topological polar surface area (TPSA) is 64.4 Å². The van der Waals surface area contributed by atoms with Gasteiger partial charge in [-0.3, -0.25) is 9.59 Å². The zero-order valence-corrected chi connectivity index (χ0v) is 19.8. The molecule has 1 aromatic heterocycles. The largest absolute Gasteiger partial charge is 0.466 e. The van der Waals surface area contributed by atoms with Gasteiger partial charge in [0.1, 0.15) is 0 Å². The molecule has 0 radical (unpaired) electrons. The molecule has 0 bridgehead atoms. The average Bonchev–Trinajstić information content (AvgIpc) is 3.14. The fourth-order valence-corrected chi connectivity index (χ4v) is 4.38. The minimum atomic E-state index is -0.275. The van der Waals surface area contributed by atoms with Crippen molar-refractivity contribution in [2.75, 3.05) is 19.7 Å². The first-order valence-corrected chi connectivity index (χ1v) is 11.7. The molecule has 1 aliphatic rings. The normalized spacial score (nSPS) is 16.4. The molecule has 0 aliphatic carbocycles. The van der Waals surface area contributed by atoms with Crippen molar-refractivity contribution < 1.29 is 14.3 Å². The van der Waals surface area contributed by atoms with Crippen LogP contribution in [0, 0.1) is 5.92 Å². The maximum absolute atomic E-state index is 13.6. The van der Waals surface area contributed by atoms with Gasteiger partial charge in [0.25, 0.3) is 5.91 Å². The van der Waals surface area contributed by atoms with Gasteiger partial charge in [0, 0.05) is 13.1 Å². The second kappa shape index (κ2) is 10.5. The van der Waals surface area contributed by atoms with E-state index in [1.54, 1.807) is 28.6 Å². The van der Waals surface area contributed by atoms with Gasteiger partial charge in [-0.05, 0) is 50.8 Å². The lowest BCUT2D eigenvalue weighted by atomic mass is 9.96. The van der Waals surface area contributed by atoms with Crippen molar-refractivity contribution in [2.45, 2.75) is 52.9 Å². The number of amides is 1. The van der Waals surface area contributed by atoms with E-state index in [1.807, 2.05) is 13.0 Å². The fourth-order valence-electron chi connectivity index (χ4n) is 4.09. The second-order valence-electron chi connectivity index (χ2n) is 7.72. The van der Waals surface area contributed by atoms with Crippen LogP contribution >= 0.6 is 23.2 Å². The van der Waals surface area contributed by atoms with Gasteiger partial charge in [0.05, 0.1) is 45.2 Å². The van der Waals surface area contributed by atoms with Crippen molar-refractivity contribution in [2.24, 2.45) is 5.92 Å². The summed E-state index contributed by atoms with van der Waals surface area (Å²) in [5.74, 6) is -0.570. The first-order chi connectivity index (χ1) is 14.9. The summed E-state index contributed by atoms with van der Waals surface area (Å²) in [6.45, 7) is 7.22. The van der Waals surface area contributed by atoms with E-state index in [9.17, 15) is 9.59 Å². The Bertz CT molecular complexity index is 958. The van der Waals surface area contributed by atoms with E-state index in [4.69, 9.17) is 33.0 Å². The molecule has 31 heavy (non-hydrogen) atoms. The third kappa shape index (κ3) is 5.07. The average molecular weight is 466 g/mol. The number of carbonyl (C=O) groups is 2. The molecule has 6 nitrogen and oxygen atoms in total. The molecule has 1 aliphatic heterocycles. The summed E-state index contributed by atoms with van der Waals surface area (Å²) >= 11 is 12.3. The fraction of sp³-hybridized carbons (Fsp3) is 0.522. The number of carbonyl (C=O) groups excluding carboxylic acids is 2. The Labute approximate surface area is 193 Å². The van der Waals surface area contributed by atoms with Gasteiger partial charge in [-0.2, -0.15) is 5.10 Å². The van der Waals surface area contributed by atoms with Gasteiger partial charge in [-0.15, -0.1) is 0 Å². The number of halogens is 2. The predicted octanol–water partition coefficient (Wildman–Crippen LogP) is 5.11. The third-order valence-electron chi connectivity index (χ3n) is 5.57. The summed E-state index contributed by atoms with van der Waals surface area (Å²) in [5.41, 5.74) is 3.02. The van der Waals surface area contributed by atoms with E-state index >= 15 is 0 Å². The van der Waals surface area contributed by atoms with E-state index in [-0.39, 0.29) is 17.8 Å². The van der Waals surface area contributed by atoms with Crippen molar-refractivity contribution in [3.8, 4) is 5.69 Å². The Morgan fingerprint density at radius 1 is 1.19 bits per heavy atom. The van der Waals surface area contributed by atoms with Gasteiger partial charge in [-0.25, -0.2) is 4.68 Å². The molecule has 0 unspecified atom stereocenters. The Morgan fingerprint density at radius 2 is 1.97 bits per heavy atom. The van der Waals surface area contributed by atoms with Crippen molar-refractivity contribution in [3.63, 3.8) is 0 Å². The van der Waals surface area contributed by atoms with Gasteiger partial charge in [0.15, 0.2) is 0 Å². The number of piperidine rings is 1. The molecule has 1 amide bonds. The van der Waals surface area contributed by atoms with Crippen molar-refractivity contribution >= 4 is 35.1 Å². The molecular formula is C23H29Cl2N3O3. The van der Waals surface area contributed by atoms with Crippen LogP contribution in [0.2, 0.25) is 10.0 Å². The lowest BCUT2D eigenvalue weighted by molar-refractivity contribution is -0.149. The van der Waals surface area contributed by atoms with Crippen molar-refractivity contribution in [3.05, 3.63) is 45.2 Å². The van der Waals surface area contributed by atoms with Crippen molar-refractivity contribution in [1.82, 2.24) is 14.7 Å². The van der Waals surface area contributed by atoms with Crippen LogP contribution in [0.1, 0.15) is 61.8 Å². The highest BCUT2D eigenvalue weighted by Crippen LogP contribution is 2.29. The summed E-state index contributed by atoms with van der Waals surface area (Å²) in [6, 6.07) is 5.34. The number of hydrogen-bond acceptors (Lipinski definition) is 4. The molecule has 0 saturated carbocycles. The minimum absolute atomic E-state index is 0.0689. The van der Waals surface area contributed by atoms with Crippen LogP contribution in [-0.2, 0) is 22.4 Å². The van der Waals surface area contributed by atoms with E-state index < -0.39 is 0 Å². The van der Waals surface area contributed by atoms with Crippen molar-refractivity contribution in [1.29, 1.82) is 0 Å². The van der Waals surface area contributed by atoms with E-state index in [0.717, 1.165) is 36.3 Å². The molecule has 168 valence electrons. The molecule has 3 rings (SSSR count). The number of ether oxygens (including phenoxy) is 1. The monoisotopic (exact) mass is 465 g/mol. The molecule has 2 heterocycles. The Hall–Kier alpha value is -2.05. The maximum atomic E-state index is 13.6. The number of likely N-dealkylation sites (tertiary alicyclic amines) is 1. The van der Waals surface area contributed by atoms with E-state index in [2.05, 4.69) is 6.92 Å². The lowest BCUT2D eigenvalue weighted by Crippen LogP contribution is -2.43. The highest BCUT2D eigenvalue weighted by Gasteiger charge is 2.33. The first-order valence-electron chi connectivity index (χ1n) is 10.9. The summed E-state index contributed by atoms with van der Waals surface area (Å²) in [4.78, 5) is 27.7.